The summed E-state index contributed by atoms with van der Waals surface area (Å²) >= 11 is 1.15. The van der Waals surface area contributed by atoms with Gasteiger partial charge in [0.1, 0.15) is 11.1 Å². The zero-order valence-corrected chi connectivity index (χ0v) is 16.2. The van der Waals surface area contributed by atoms with E-state index in [-0.39, 0.29) is 16.6 Å². The summed E-state index contributed by atoms with van der Waals surface area (Å²) in [6, 6.07) is 8.40. The number of amides is 1. The summed E-state index contributed by atoms with van der Waals surface area (Å²) in [7, 11) is -3.87. The molecule has 1 aromatic heterocycles. The summed E-state index contributed by atoms with van der Waals surface area (Å²) < 4.78 is 23.1. The van der Waals surface area contributed by atoms with Crippen LogP contribution in [0.3, 0.4) is 0 Å². The molecule has 0 unspecified atom stereocenters. The van der Waals surface area contributed by atoms with Crippen molar-refractivity contribution in [2.45, 2.75) is 30.7 Å². The summed E-state index contributed by atoms with van der Waals surface area (Å²) in [6.07, 6.45) is 0. The van der Waals surface area contributed by atoms with Crippen LogP contribution in [0.2, 0.25) is 0 Å². The molecule has 1 amide bonds. The summed E-state index contributed by atoms with van der Waals surface area (Å²) in [4.78, 5) is 16.4. The highest BCUT2D eigenvalue weighted by Crippen LogP contribution is 2.24. The predicted octanol–water partition coefficient (Wildman–Crippen LogP) is 2.26. The number of benzene rings is 1. The summed E-state index contributed by atoms with van der Waals surface area (Å²) in [5.74, 6) is -0.313. The Bertz CT molecular complexity index is 1010. The first-order valence-electron chi connectivity index (χ1n) is 7.56. The number of hydrogen-bond acceptors (Lipinski definition) is 6. The maximum atomic E-state index is 12.2. The lowest BCUT2D eigenvalue weighted by molar-refractivity contribution is -0.113. The molecular formula is C17H18N4O3S2. The third kappa shape index (κ3) is 4.82. The van der Waals surface area contributed by atoms with Gasteiger partial charge in [-0.15, -0.1) is 0 Å². The Morgan fingerprint density at radius 2 is 1.96 bits per heavy atom. The van der Waals surface area contributed by atoms with Gasteiger partial charge in [0.05, 0.1) is 16.2 Å². The maximum absolute atomic E-state index is 12.2. The number of nitrogens with one attached hydrogen (secondary N) is 1. The van der Waals surface area contributed by atoms with Crippen molar-refractivity contribution in [3.8, 4) is 6.07 Å². The SMILES string of the molecule is Cc1cc(C)c(C#N)c(SCC(=O)Nc2ccc(C)c(S(N)(=O)=O)c2)n1. The van der Waals surface area contributed by atoms with Crippen molar-refractivity contribution in [1.82, 2.24) is 4.98 Å². The fraction of sp³-hybridized carbons (Fsp3) is 0.235. The first kappa shape index (κ1) is 19.9. The molecule has 9 heteroatoms. The van der Waals surface area contributed by atoms with Gasteiger partial charge in [0.2, 0.25) is 15.9 Å². The number of rotatable bonds is 5. The minimum atomic E-state index is -3.87. The molecule has 26 heavy (non-hydrogen) atoms. The van der Waals surface area contributed by atoms with E-state index in [2.05, 4.69) is 16.4 Å². The maximum Gasteiger partial charge on any atom is 0.238 e. The van der Waals surface area contributed by atoms with Crippen molar-refractivity contribution >= 4 is 33.4 Å². The molecule has 0 atom stereocenters. The van der Waals surface area contributed by atoms with Crippen molar-refractivity contribution in [2.24, 2.45) is 5.14 Å². The van der Waals surface area contributed by atoms with Gasteiger partial charge in [-0.3, -0.25) is 4.79 Å². The van der Waals surface area contributed by atoms with Crippen LogP contribution in [0, 0.1) is 32.1 Å². The number of nitriles is 1. The third-order valence-corrected chi connectivity index (χ3v) is 5.57. The summed E-state index contributed by atoms with van der Waals surface area (Å²) in [6.45, 7) is 5.26. The Balaban J connectivity index is 2.13. The van der Waals surface area contributed by atoms with E-state index in [9.17, 15) is 18.5 Å². The number of thioether (sulfide) groups is 1. The van der Waals surface area contributed by atoms with Gasteiger partial charge < -0.3 is 5.32 Å². The largest absolute Gasteiger partial charge is 0.325 e. The minimum Gasteiger partial charge on any atom is -0.325 e. The summed E-state index contributed by atoms with van der Waals surface area (Å²) in [5.41, 5.74) is 2.84. The smallest absolute Gasteiger partial charge is 0.238 e. The third-order valence-electron chi connectivity index (χ3n) is 3.54. The lowest BCUT2D eigenvalue weighted by Gasteiger charge is -2.10. The van der Waals surface area contributed by atoms with E-state index in [4.69, 9.17) is 5.14 Å². The predicted molar refractivity (Wildman–Crippen MR) is 100 cm³/mol. The van der Waals surface area contributed by atoms with Crippen molar-refractivity contribution in [1.29, 1.82) is 5.26 Å². The molecule has 1 heterocycles. The highest BCUT2D eigenvalue weighted by Gasteiger charge is 2.14. The van der Waals surface area contributed by atoms with Gasteiger partial charge in [-0.25, -0.2) is 18.5 Å². The number of pyridine rings is 1. The van der Waals surface area contributed by atoms with Crippen LogP contribution < -0.4 is 10.5 Å². The molecule has 2 rings (SSSR count). The van der Waals surface area contributed by atoms with E-state index < -0.39 is 10.0 Å². The molecule has 0 saturated carbocycles. The van der Waals surface area contributed by atoms with Crippen LogP contribution >= 0.6 is 11.8 Å². The standard InChI is InChI=1S/C17H18N4O3S2/c1-10-4-5-13(7-15(10)26(19,23)24)21-16(22)9-25-17-14(8-18)11(2)6-12(3)20-17/h4-7H,9H2,1-3H3,(H,21,22)(H2,19,23,24). The van der Waals surface area contributed by atoms with Crippen molar-refractivity contribution in [3.63, 3.8) is 0 Å². The van der Waals surface area contributed by atoms with Gasteiger partial charge in [-0.1, -0.05) is 17.8 Å². The molecule has 3 N–H and O–H groups in total. The Hall–Kier alpha value is -2.41. The normalized spacial score (nSPS) is 11.0. The van der Waals surface area contributed by atoms with E-state index in [0.717, 1.165) is 23.0 Å². The molecule has 0 fully saturated rings. The van der Waals surface area contributed by atoms with Gasteiger partial charge >= 0.3 is 0 Å². The van der Waals surface area contributed by atoms with Crippen molar-refractivity contribution < 1.29 is 13.2 Å². The number of carbonyl (C=O) groups is 1. The van der Waals surface area contributed by atoms with Gasteiger partial charge in [0.15, 0.2) is 0 Å². The lowest BCUT2D eigenvalue weighted by atomic mass is 10.1. The molecule has 0 saturated heterocycles. The molecule has 1 aromatic carbocycles. The number of aryl methyl sites for hydroxylation is 3. The fourth-order valence-electron chi connectivity index (χ4n) is 2.36. The second-order valence-corrected chi connectivity index (χ2v) is 8.23. The average molecular weight is 390 g/mol. The Morgan fingerprint density at radius 3 is 2.58 bits per heavy atom. The summed E-state index contributed by atoms with van der Waals surface area (Å²) in [5, 5.41) is 17.5. The second kappa shape index (κ2) is 7.86. The zero-order chi connectivity index (χ0) is 19.5. The number of nitrogens with two attached hydrogens (primary N) is 1. The monoisotopic (exact) mass is 390 g/mol. The number of anilines is 1. The van der Waals surface area contributed by atoms with Gasteiger partial charge in [0.25, 0.3) is 0 Å². The molecule has 0 aliphatic rings. The van der Waals surface area contributed by atoms with Crippen molar-refractivity contribution in [2.75, 3.05) is 11.1 Å². The number of sulfonamides is 1. The van der Waals surface area contributed by atoms with E-state index >= 15 is 0 Å². The number of primary sulfonamides is 1. The molecule has 0 aliphatic carbocycles. The number of hydrogen-bond donors (Lipinski definition) is 2. The highest BCUT2D eigenvalue weighted by molar-refractivity contribution is 8.00. The minimum absolute atomic E-state index is 0.0309. The van der Waals surface area contributed by atoms with Crippen LogP contribution in [-0.4, -0.2) is 25.1 Å². The molecule has 0 spiro atoms. The Kier molecular flexibility index (Phi) is 6.02. The van der Waals surface area contributed by atoms with Crippen LogP contribution in [0.1, 0.15) is 22.4 Å². The van der Waals surface area contributed by atoms with E-state index in [1.54, 1.807) is 19.1 Å². The fourth-order valence-corrected chi connectivity index (χ4v) is 4.07. The molecule has 0 bridgehead atoms. The van der Waals surface area contributed by atoms with E-state index in [0.29, 0.717) is 21.8 Å². The first-order valence-corrected chi connectivity index (χ1v) is 10.1. The van der Waals surface area contributed by atoms with E-state index in [1.165, 1.54) is 6.07 Å². The van der Waals surface area contributed by atoms with Gasteiger partial charge in [-0.2, -0.15) is 5.26 Å². The van der Waals surface area contributed by atoms with Crippen LogP contribution in [0.5, 0.6) is 0 Å². The van der Waals surface area contributed by atoms with Gasteiger partial charge in [0, 0.05) is 11.4 Å². The zero-order valence-electron chi connectivity index (χ0n) is 14.5. The quantitative estimate of drug-likeness (QED) is 0.754. The molecule has 0 aliphatic heterocycles. The Labute approximate surface area is 156 Å². The first-order chi connectivity index (χ1) is 12.1. The molecule has 7 nitrogen and oxygen atoms in total. The molecule has 0 radical (unpaired) electrons. The number of aromatic nitrogens is 1. The average Bonchev–Trinajstić information content (AvgIpc) is 2.53. The van der Waals surface area contributed by atoms with Crippen LogP contribution in [0.4, 0.5) is 5.69 Å². The van der Waals surface area contributed by atoms with Crippen LogP contribution in [0.25, 0.3) is 0 Å². The topological polar surface area (TPSA) is 126 Å². The Morgan fingerprint density at radius 1 is 1.27 bits per heavy atom. The molecular weight excluding hydrogens is 372 g/mol. The number of nitrogens with zero attached hydrogens (tertiary/aromatic N) is 2. The van der Waals surface area contributed by atoms with E-state index in [1.807, 2.05) is 19.9 Å². The highest BCUT2D eigenvalue weighted by atomic mass is 32.2. The molecule has 136 valence electrons. The second-order valence-electron chi connectivity index (χ2n) is 5.73. The number of carbonyl (C=O) groups excluding carboxylic acids is 1. The lowest BCUT2D eigenvalue weighted by Crippen LogP contribution is -2.17. The van der Waals surface area contributed by atoms with Gasteiger partial charge in [-0.05, 0) is 50.1 Å². The van der Waals surface area contributed by atoms with Crippen LogP contribution in [-0.2, 0) is 14.8 Å². The van der Waals surface area contributed by atoms with Crippen LogP contribution in [0.15, 0.2) is 34.2 Å². The molecule has 2 aromatic rings. The van der Waals surface area contributed by atoms with Crippen molar-refractivity contribution in [3.05, 3.63) is 46.6 Å².